The third kappa shape index (κ3) is 4.66. The monoisotopic (exact) mass is 198 g/mol. The summed E-state index contributed by atoms with van der Waals surface area (Å²) in [4.78, 5) is 0. The highest BCUT2D eigenvalue weighted by atomic mass is 32.2. The molecule has 74 valence electrons. The Morgan fingerprint density at radius 2 is 2.08 bits per heavy atom. The largest absolute Gasteiger partial charge is 0.395 e. The minimum Gasteiger partial charge on any atom is -0.395 e. The van der Waals surface area contributed by atoms with Crippen molar-refractivity contribution in [2.45, 2.75) is 18.6 Å². The summed E-state index contributed by atoms with van der Waals surface area (Å²) in [5, 5.41) is 7.32. The second-order valence-corrected chi connectivity index (χ2v) is 4.09. The fourth-order valence-corrected chi connectivity index (χ4v) is 1.05. The van der Waals surface area contributed by atoms with Gasteiger partial charge in [0.2, 0.25) is 0 Å². The van der Waals surface area contributed by atoms with Crippen LogP contribution in [-0.4, -0.2) is 43.1 Å². The van der Waals surface area contributed by atoms with Gasteiger partial charge in [-0.1, -0.05) is 6.92 Å². The molecule has 0 amide bonds. The molecule has 0 rings (SSSR count). The fraction of sp³-hybridized carbons (Fsp3) is 1.00. The highest BCUT2D eigenvalue weighted by Crippen LogP contribution is 1.98. The van der Waals surface area contributed by atoms with E-state index in [1.165, 1.54) is 0 Å². The third-order valence-corrected chi connectivity index (χ3v) is 2.40. The summed E-state index contributed by atoms with van der Waals surface area (Å²) in [5.74, 6) is 0. The summed E-state index contributed by atoms with van der Waals surface area (Å²) >= 11 is 0. The first-order valence-corrected chi connectivity index (χ1v) is 5.17. The van der Waals surface area contributed by atoms with E-state index in [0.717, 1.165) is 6.42 Å². The van der Waals surface area contributed by atoms with Gasteiger partial charge in [0.15, 0.2) is 0 Å². The number of rotatable bonds is 6. The highest BCUT2D eigenvalue weighted by molar-refractivity contribution is 7.86. The van der Waals surface area contributed by atoms with E-state index in [1.54, 1.807) is 0 Å². The van der Waals surface area contributed by atoms with Crippen LogP contribution in [0.15, 0.2) is 0 Å². The predicted molar refractivity (Wildman–Crippen MR) is 43.5 cm³/mol. The number of ether oxygens (including phenoxy) is 1. The normalized spacial score (nSPS) is 14.6. The van der Waals surface area contributed by atoms with Gasteiger partial charge in [0, 0.05) is 6.61 Å². The molecule has 12 heavy (non-hydrogen) atoms. The SMILES string of the molecule is CCCOCC(CO)S(=O)(=O)O. The van der Waals surface area contributed by atoms with E-state index in [4.69, 9.17) is 14.4 Å². The Morgan fingerprint density at radius 1 is 1.50 bits per heavy atom. The summed E-state index contributed by atoms with van der Waals surface area (Å²) in [7, 11) is -4.17. The lowest BCUT2D eigenvalue weighted by Crippen LogP contribution is -2.29. The Bertz CT molecular complexity index is 198. The molecule has 0 aromatic rings. The van der Waals surface area contributed by atoms with Gasteiger partial charge in [-0.05, 0) is 6.42 Å². The first-order chi connectivity index (χ1) is 5.52. The molecule has 0 fully saturated rings. The molecular weight excluding hydrogens is 184 g/mol. The van der Waals surface area contributed by atoms with Gasteiger partial charge in [0.25, 0.3) is 10.1 Å². The lowest BCUT2D eigenvalue weighted by Gasteiger charge is -2.10. The van der Waals surface area contributed by atoms with E-state index in [0.29, 0.717) is 6.61 Å². The summed E-state index contributed by atoms with van der Waals surface area (Å²) in [6, 6.07) is 0. The van der Waals surface area contributed by atoms with Gasteiger partial charge >= 0.3 is 0 Å². The first kappa shape index (κ1) is 11.8. The van der Waals surface area contributed by atoms with Gasteiger partial charge in [0.1, 0.15) is 5.25 Å². The van der Waals surface area contributed by atoms with E-state index in [9.17, 15) is 8.42 Å². The number of aliphatic hydroxyl groups is 1. The van der Waals surface area contributed by atoms with Crippen LogP contribution in [0, 0.1) is 0 Å². The average Bonchev–Trinajstić information content (AvgIpc) is 1.95. The molecule has 0 saturated heterocycles. The zero-order valence-electron chi connectivity index (χ0n) is 6.93. The highest BCUT2D eigenvalue weighted by Gasteiger charge is 2.21. The lowest BCUT2D eigenvalue weighted by molar-refractivity contribution is 0.116. The molecule has 0 aliphatic carbocycles. The van der Waals surface area contributed by atoms with Crippen molar-refractivity contribution in [2.75, 3.05) is 19.8 Å². The Labute approximate surface area is 72.1 Å². The van der Waals surface area contributed by atoms with E-state index in [2.05, 4.69) is 0 Å². The zero-order chi connectivity index (χ0) is 9.61. The van der Waals surface area contributed by atoms with Crippen LogP contribution in [0.5, 0.6) is 0 Å². The van der Waals surface area contributed by atoms with Gasteiger partial charge in [-0.3, -0.25) is 4.55 Å². The fourth-order valence-electron chi connectivity index (χ4n) is 0.592. The minimum atomic E-state index is -4.17. The molecule has 6 heteroatoms. The van der Waals surface area contributed by atoms with Crippen LogP contribution in [0.3, 0.4) is 0 Å². The molecule has 1 atom stereocenters. The molecule has 5 nitrogen and oxygen atoms in total. The molecule has 0 radical (unpaired) electrons. The second-order valence-electron chi connectivity index (χ2n) is 2.39. The molecule has 0 aliphatic rings. The smallest absolute Gasteiger partial charge is 0.272 e. The van der Waals surface area contributed by atoms with E-state index in [1.807, 2.05) is 6.92 Å². The Kier molecular flexibility index (Phi) is 5.39. The Morgan fingerprint density at radius 3 is 2.42 bits per heavy atom. The molecule has 2 N–H and O–H groups in total. The molecule has 0 spiro atoms. The minimum absolute atomic E-state index is 0.164. The maximum Gasteiger partial charge on any atom is 0.272 e. The van der Waals surface area contributed by atoms with Gasteiger partial charge in [-0.15, -0.1) is 0 Å². The van der Waals surface area contributed by atoms with Crippen LogP contribution in [0.1, 0.15) is 13.3 Å². The molecule has 1 unspecified atom stereocenters. The van der Waals surface area contributed by atoms with Crippen LogP contribution in [-0.2, 0) is 14.9 Å². The molecule has 0 aromatic carbocycles. The van der Waals surface area contributed by atoms with E-state index in [-0.39, 0.29) is 6.61 Å². The topological polar surface area (TPSA) is 83.8 Å². The molecule has 0 aromatic heterocycles. The van der Waals surface area contributed by atoms with Crippen molar-refractivity contribution in [2.24, 2.45) is 0 Å². The van der Waals surface area contributed by atoms with Gasteiger partial charge in [0.05, 0.1) is 13.2 Å². The Hall–Kier alpha value is -0.170. The third-order valence-electron chi connectivity index (χ3n) is 1.28. The number of hydrogen-bond donors (Lipinski definition) is 2. The van der Waals surface area contributed by atoms with Crippen molar-refractivity contribution in [1.29, 1.82) is 0 Å². The predicted octanol–water partition coefficient (Wildman–Crippen LogP) is -0.338. The summed E-state index contributed by atoms with van der Waals surface area (Å²) in [6.45, 7) is 1.51. The van der Waals surface area contributed by atoms with Crippen LogP contribution in [0.4, 0.5) is 0 Å². The standard InChI is InChI=1S/C6H14O5S/c1-2-3-11-5-6(4-7)12(8,9)10/h6-7H,2-5H2,1H3,(H,8,9,10). The van der Waals surface area contributed by atoms with Crippen molar-refractivity contribution >= 4 is 10.1 Å². The molecule has 0 saturated carbocycles. The van der Waals surface area contributed by atoms with Gasteiger partial charge < -0.3 is 9.84 Å². The molecular formula is C6H14O5S. The van der Waals surface area contributed by atoms with Gasteiger partial charge in [-0.25, -0.2) is 0 Å². The number of aliphatic hydroxyl groups excluding tert-OH is 1. The molecule has 0 aliphatic heterocycles. The van der Waals surface area contributed by atoms with Crippen molar-refractivity contribution in [1.82, 2.24) is 0 Å². The van der Waals surface area contributed by atoms with Crippen LogP contribution >= 0.6 is 0 Å². The second kappa shape index (κ2) is 5.47. The first-order valence-electron chi connectivity index (χ1n) is 3.67. The maximum atomic E-state index is 10.5. The lowest BCUT2D eigenvalue weighted by atomic mass is 10.5. The quantitative estimate of drug-likeness (QED) is 0.450. The summed E-state index contributed by atoms with van der Waals surface area (Å²) < 4.78 is 34.3. The zero-order valence-corrected chi connectivity index (χ0v) is 7.75. The summed E-state index contributed by atoms with van der Waals surface area (Å²) in [6.07, 6.45) is 0.767. The maximum absolute atomic E-state index is 10.5. The Balaban J connectivity index is 3.85. The average molecular weight is 198 g/mol. The molecule has 0 bridgehead atoms. The van der Waals surface area contributed by atoms with Crippen molar-refractivity contribution in [3.8, 4) is 0 Å². The van der Waals surface area contributed by atoms with Gasteiger partial charge in [-0.2, -0.15) is 8.42 Å². The van der Waals surface area contributed by atoms with Crippen molar-refractivity contribution in [3.05, 3.63) is 0 Å². The molecule has 0 heterocycles. The van der Waals surface area contributed by atoms with E-state index >= 15 is 0 Å². The van der Waals surface area contributed by atoms with Crippen LogP contribution < -0.4 is 0 Å². The summed E-state index contributed by atoms with van der Waals surface area (Å²) in [5.41, 5.74) is 0. The number of hydrogen-bond acceptors (Lipinski definition) is 4. The van der Waals surface area contributed by atoms with Crippen molar-refractivity contribution in [3.63, 3.8) is 0 Å². The van der Waals surface area contributed by atoms with E-state index < -0.39 is 22.0 Å². The van der Waals surface area contributed by atoms with Crippen LogP contribution in [0.2, 0.25) is 0 Å². The van der Waals surface area contributed by atoms with Crippen molar-refractivity contribution < 1.29 is 22.8 Å². The van der Waals surface area contributed by atoms with Crippen LogP contribution in [0.25, 0.3) is 0 Å².